The van der Waals surface area contributed by atoms with Gasteiger partial charge in [0.25, 0.3) is 0 Å². The van der Waals surface area contributed by atoms with Gasteiger partial charge in [-0.05, 0) is 31.0 Å². The van der Waals surface area contributed by atoms with Gasteiger partial charge in [0.15, 0.2) is 0 Å². The molecule has 1 rings (SSSR count). The Labute approximate surface area is 97.0 Å². The number of nitrogens with one attached hydrogen (secondary N) is 1. The Hall–Kier alpha value is -1.13. The highest BCUT2D eigenvalue weighted by Crippen LogP contribution is 2.07. The summed E-state index contributed by atoms with van der Waals surface area (Å²) < 4.78 is 10.5. The van der Waals surface area contributed by atoms with E-state index in [1.165, 1.54) is 0 Å². The summed E-state index contributed by atoms with van der Waals surface area (Å²) >= 11 is 0. The summed E-state index contributed by atoms with van der Waals surface area (Å²) in [6.07, 6.45) is 2.73. The molecule has 0 saturated carbocycles. The van der Waals surface area contributed by atoms with Gasteiger partial charge >= 0.3 is 0 Å². The van der Waals surface area contributed by atoms with Crippen molar-refractivity contribution in [3.63, 3.8) is 0 Å². The van der Waals surface area contributed by atoms with Gasteiger partial charge in [-0.1, -0.05) is 0 Å². The Bertz CT molecular complexity index is 292. The van der Waals surface area contributed by atoms with E-state index >= 15 is 0 Å². The van der Waals surface area contributed by atoms with E-state index in [4.69, 9.17) is 9.47 Å². The van der Waals surface area contributed by atoms with E-state index in [0.29, 0.717) is 6.61 Å². The highest BCUT2D eigenvalue weighted by Gasteiger charge is 1.96. The van der Waals surface area contributed by atoms with Crippen molar-refractivity contribution in [3.05, 3.63) is 23.9 Å². The van der Waals surface area contributed by atoms with Crippen LogP contribution in [0.15, 0.2) is 18.3 Å². The summed E-state index contributed by atoms with van der Waals surface area (Å²) in [6, 6.07) is 3.98. The van der Waals surface area contributed by atoms with Crippen molar-refractivity contribution in [1.29, 1.82) is 0 Å². The van der Waals surface area contributed by atoms with Crippen LogP contribution in [0.1, 0.15) is 18.9 Å². The van der Waals surface area contributed by atoms with Gasteiger partial charge in [0.1, 0.15) is 5.82 Å². The van der Waals surface area contributed by atoms with Crippen molar-refractivity contribution >= 4 is 5.82 Å². The van der Waals surface area contributed by atoms with Crippen molar-refractivity contribution in [3.8, 4) is 0 Å². The normalized spacial score (nSPS) is 10.4. The first-order valence-corrected chi connectivity index (χ1v) is 5.62. The largest absolute Gasteiger partial charge is 0.385 e. The number of hydrogen-bond donors (Lipinski definition) is 1. The zero-order chi connectivity index (χ0) is 11.6. The minimum Gasteiger partial charge on any atom is -0.385 e. The zero-order valence-electron chi connectivity index (χ0n) is 10.0. The molecule has 0 unspecified atom stereocenters. The fourth-order valence-corrected chi connectivity index (χ4v) is 1.34. The first-order valence-electron chi connectivity index (χ1n) is 5.62. The highest BCUT2D eigenvalue weighted by molar-refractivity contribution is 5.36. The highest BCUT2D eigenvalue weighted by atomic mass is 16.5. The molecule has 1 aromatic rings. The van der Waals surface area contributed by atoms with E-state index in [1.807, 2.05) is 12.1 Å². The lowest BCUT2D eigenvalue weighted by Crippen LogP contribution is -2.02. The molecule has 0 aromatic carbocycles. The summed E-state index contributed by atoms with van der Waals surface area (Å²) in [5.41, 5.74) is 1.14. The third-order valence-electron chi connectivity index (χ3n) is 2.09. The van der Waals surface area contributed by atoms with Crippen LogP contribution in [-0.2, 0) is 16.1 Å². The van der Waals surface area contributed by atoms with E-state index in [1.54, 1.807) is 13.3 Å². The Balaban J connectivity index is 2.27. The van der Waals surface area contributed by atoms with Crippen LogP contribution < -0.4 is 5.32 Å². The van der Waals surface area contributed by atoms with Gasteiger partial charge in [-0.2, -0.15) is 0 Å². The van der Waals surface area contributed by atoms with E-state index in [0.717, 1.165) is 37.6 Å². The van der Waals surface area contributed by atoms with Gasteiger partial charge in [0.05, 0.1) is 6.61 Å². The van der Waals surface area contributed by atoms with Crippen molar-refractivity contribution in [2.45, 2.75) is 20.0 Å². The summed E-state index contributed by atoms with van der Waals surface area (Å²) in [4.78, 5) is 4.20. The number of methoxy groups -OCH3 is 1. The standard InChI is InChI=1S/C12H20N2O2/c1-3-13-12-9-11(5-6-14-12)10-16-8-4-7-15-2/h5-6,9H,3-4,7-8,10H2,1-2H3,(H,13,14). The number of hydrogen-bond acceptors (Lipinski definition) is 4. The Morgan fingerprint density at radius 3 is 3.00 bits per heavy atom. The van der Waals surface area contributed by atoms with Crippen molar-refractivity contribution in [1.82, 2.24) is 4.98 Å². The second-order valence-corrected chi connectivity index (χ2v) is 3.48. The number of anilines is 1. The van der Waals surface area contributed by atoms with Crippen LogP contribution >= 0.6 is 0 Å². The van der Waals surface area contributed by atoms with E-state index in [9.17, 15) is 0 Å². The first kappa shape index (κ1) is 12.9. The molecule has 4 heteroatoms. The smallest absolute Gasteiger partial charge is 0.126 e. The van der Waals surface area contributed by atoms with Gasteiger partial charge < -0.3 is 14.8 Å². The first-order chi connectivity index (χ1) is 7.86. The number of ether oxygens (including phenoxy) is 2. The van der Waals surface area contributed by atoms with Gasteiger partial charge in [-0.25, -0.2) is 4.98 Å². The fourth-order valence-electron chi connectivity index (χ4n) is 1.34. The lowest BCUT2D eigenvalue weighted by molar-refractivity contribution is 0.0928. The molecular weight excluding hydrogens is 204 g/mol. The molecule has 0 radical (unpaired) electrons. The molecule has 0 saturated heterocycles. The van der Waals surface area contributed by atoms with Crippen molar-refractivity contribution < 1.29 is 9.47 Å². The van der Waals surface area contributed by atoms with Crippen LogP contribution in [0.4, 0.5) is 5.82 Å². The third kappa shape index (κ3) is 5.09. The molecule has 90 valence electrons. The van der Waals surface area contributed by atoms with Crippen LogP contribution in [-0.4, -0.2) is 31.9 Å². The summed E-state index contributed by atoms with van der Waals surface area (Å²) in [5.74, 6) is 0.903. The molecule has 16 heavy (non-hydrogen) atoms. The fraction of sp³-hybridized carbons (Fsp3) is 0.583. The molecule has 0 aliphatic rings. The van der Waals surface area contributed by atoms with E-state index in [-0.39, 0.29) is 0 Å². The van der Waals surface area contributed by atoms with Crippen molar-refractivity contribution in [2.75, 3.05) is 32.2 Å². The lowest BCUT2D eigenvalue weighted by Gasteiger charge is -2.06. The topological polar surface area (TPSA) is 43.4 Å². The second kappa shape index (κ2) is 8.07. The lowest BCUT2D eigenvalue weighted by atomic mass is 10.3. The van der Waals surface area contributed by atoms with E-state index in [2.05, 4.69) is 17.2 Å². The van der Waals surface area contributed by atoms with Gasteiger partial charge in [0, 0.05) is 33.1 Å². The van der Waals surface area contributed by atoms with Crippen LogP contribution in [0.5, 0.6) is 0 Å². The van der Waals surface area contributed by atoms with Crippen molar-refractivity contribution in [2.24, 2.45) is 0 Å². The maximum Gasteiger partial charge on any atom is 0.126 e. The monoisotopic (exact) mass is 224 g/mol. The van der Waals surface area contributed by atoms with Gasteiger partial charge in [0.2, 0.25) is 0 Å². The molecule has 1 aromatic heterocycles. The van der Waals surface area contributed by atoms with E-state index < -0.39 is 0 Å². The number of aromatic nitrogens is 1. The minimum absolute atomic E-state index is 0.630. The Morgan fingerprint density at radius 2 is 2.25 bits per heavy atom. The molecule has 0 aliphatic heterocycles. The summed E-state index contributed by atoms with van der Waals surface area (Å²) in [7, 11) is 1.70. The predicted molar refractivity (Wildman–Crippen MR) is 64.5 cm³/mol. The van der Waals surface area contributed by atoms with Crippen LogP contribution in [0.25, 0.3) is 0 Å². The molecule has 0 amide bonds. The SMILES string of the molecule is CCNc1cc(COCCCOC)ccn1. The average Bonchev–Trinajstić information content (AvgIpc) is 2.30. The maximum absolute atomic E-state index is 5.52. The summed E-state index contributed by atoms with van der Waals surface area (Å²) in [6.45, 7) is 5.04. The molecular formula is C12H20N2O2. The number of nitrogens with zero attached hydrogens (tertiary/aromatic N) is 1. The second-order valence-electron chi connectivity index (χ2n) is 3.48. The minimum atomic E-state index is 0.630. The van der Waals surface area contributed by atoms with Gasteiger partial charge in [-0.3, -0.25) is 0 Å². The molecule has 0 spiro atoms. The van der Waals surface area contributed by atoms with Gasteiger partial charge in [-0.15, -0.1) is 0 Å². The Morgan fingerprint density at radius 1 is 1.38 bits per heavy atom. The molecule has 0 aliphatic carbocycles. The van der Waals surface area contributed by atoms with Crippen LogP contribution in [0.2, 0.25) is 0 Å². The Kier molecular flexibility index (Phi) is 6.53. The maximum atomic E-state index is 5.52. The molecule has 1 heterocycles. The predicted octanol–water partition coefficient (Wildman–Crippen LogP) is 2.07. The molecule has 0 atom stereocenters. The molecule has 0 fully saturated rings. The zero-order valence-corrected chi connectivity index (χ0v) is 10.0. The number of pyridine rings is 1. The molecule has 1 N–H and O–H groups in total. The van der Waals surface area contributed by atoms with Crippen LogP contribution in [0.3, 0.4) is 0 Å². The molecule has 4 nitrogen and oxygen atoms in total. The average molecular weight is 224 g/mol. The molecule has 0 bridgehead atoms. The third-order valence-corrected chi connectivity index (χ3v) is 2.09. The summed E-state index contributed by atoms with van der Waals surface area (Å²) in [5, 5.41) is 3.17. The number of rotatable bonds is 8. The van der Waals surface area contributed by atoms with Crippen LogP contribution in [0, 0.1) is 0 Å². The quantitative estimate of drug-likeness (QED) is 0.686.